The molecule has 9 nitrogen and oxygen atoms in total. The van der Waals surface area contributed by atoms with E-state index in [9.17, 15) is 8.42 Å². The normalized spacial score (nSPS) is 21.9. The molecule has 3 aromatic carbocycles. The smallest absolute Gasteiger partial charge is 0.264 e. The molecule has 45 heavy (non-hydrogen) atoms. The third-order valence-corrected chi connectivity index (χ3v) is 8.65. The van der Waals surface area contributed by atoms with E-state index in [0.717, 1.165) is 90.1 Å². The highest BCUT2D eigenvalue weighted by Gasteiger charge is 2.30. The number of hydrogen-bond donors (Lipinski definition) is 0. The Morgan fingerprint density at radius 1 is 0.756 bits per heavy atom. The monoisotopic (exact) mass is 636 g/mol. The second-order valence-corrected chi connectivity index (χ2v) is 13.2. The minimum absolute atomic E-state index is 0.0372. The summed E-state index contributed by atoms with van der Waals surface area (Å²) in [6, 6.07) is 21.6. The Hall–Kier alpha value is -3.57. The van der Waals surface area contributed by atoms with Gasteiger partial charge < -0.3 is 28.4 Å². The average molecular weight is 637 g/mol. The molecule has 3 aliphatic rings. The van der Waals surface area contributed by atoms with Gasteiger partial charge in [0.05, 0.1) is 19.5 Å². The lowest BCUT2D eigenvalue weighted by Crippen LogP contribution is -2.25. The first-order valence-electron chi connectivity index (χ1n) is 15.6. The zero-order valence-electron chi connectivity index (χ0n) is 25.7. The maximum Gasteiger partial charge on any atom is 0.264 e. The molecule has 0 amide bonds. The fourth-order valence-electron chi connectivity index (χ4n) is 5.84. The third-order valence-electron chi connectivity index (χ3n) is 8.06. The molecule has 3 heterocycles. The molecule has 3 aliphatic heterocycles. The molecule has 0 N–H and O–H groups in total. The fraction of sp³-hybridized carbons (Fsp3) is 0.429. The molecule has 0 aromatic heterocycles. The zero-order valence-corrected chi connectivity index (χ0v) is 26.6. The molecule has 2 fully saturated rings. The van der Waals surface area contributed by atoms with E-state index < -0.39 is 10.1 Å². The largest absolute Gasteiger partial charge is 0.491 e. The second-order valence-electron chi connectivity index (χ2n) is 11.5. The van der Waals surface area contributed by atoms with Gasteiger partial charge >= 0.3 is 0 Å². The summed E-state index contributed by atoms with van der Waals surface area (Å²) in [7, 11) is -3.52. The number of hydrogen-bond acceptors (Lipinski definition) is 9. The van der Waals surface area contributed by atoms with E-state index >= 15 is 0 Å². The summed E-state index contributed by atoms with van der Waals surface area (Å²) >= 11 is 0. The van der Waals surface area contributed by atoms with Crippen LogP contribution >= 0.6 is 0 Å². The molecule has 3 unspecified atom stereocenters. The first-order valence-corrected chi connectivity index (χ1v) is 17.4. The standard InChI is InChI=1S/C35H40O9S/c1-24-30-23-29(43-33-11-4-6-19-40-33)16-17-31(30)44-35(25-12-14-27(15-13-25)38-20-21-41-45(2,36)37)34(24)26-8-7-9-28(22-26)42-32-10-3-5-18-39-32/h7-9,12-17,22-24,32-33H,3-6,10-11,18-21H2,1-2H3. The number of rotatable bonds is 11. The van der Waals surface area contributed by atoms with Crippen LogP contribution in [0.2, 0.25) is 0 Å². The molecule has 0 saturated carbocycles. The van der Waals surface area contributed by atoms with Crippen molar-refractivity contribution in [2.24, 2.45) is 0 Å². The lowest BCUT2D eigenvalue weighted by atomic mass is 9.83. The Kier molecular flexibility index (Phi) is 9.94. The molecule has 0 bridgehead atoms. The Bertz CT molecular complexity index is 1590. The van der Waals surface area contributed by atoms with E-state index in [2.05, 4.69) is 19.1 Å². The molecule has 2 saturated heterocycles. The van der Waals surface area contributed by atoms with Gasteiger partial charge in [0.25, 0.3) is 10.1 Å². The predicted octanol–water partition coefficient (Wildman–Crippen LogP) is 6.92. The highest BCUT2D eigenvalue weighted by molar-refractivity contribution is 7.85. The van der Waals surface area contributed by atoms with Crippen LogP contribution in [0.4, 0.5) is 0 Å². The van der Waals surface area contributed by atoms with Crippen molar-refractivity contribution in [2.75, 3.05) is 32.7 Å². The highest BCUT2D eigenvalue weighted by atomic mass is 32.2. The fourth-order valence-corrected chi connectivity index (χ4v) is 6.21. The predicted molar refractivity (Wildman–Crippen MR) is 170 cm³/mol. The summed E-state index contributed by atoms with van der Waals surface area (Å²) in [5.74, 6) is 3.56. The maximum absolute atomic E-state index is 11.2. The van der Waals surface area contributed by atoms with Crippen LogP contribution in [-0.2, 0) is 23.8 Å². The van der Waals surface area contributed by atoms with Crippen LogP contribution in [0.25, 0.3) is 11.3 Å². The SMILES string of the molecule is CC1C(c2cccc(OC3CCCCO3)c2)=C(c2ccc(OCCOS(C)(=O)=O)cc2)Oc2ccc(OC3CCCCO3)cc21. The Morgan fingerprint density at radius 3 is 2.07 bits per heavy atom. The second kappa shape index (κ2) is 14.2. The number of benzene rings is 3. The minimum atomic E-state index is -3.52. The molecular formula is C35H40O9S. The van der Waals surface area contributed by atoms with E-state index in [1.165, 1.54) is 0 Å². The molecular weight excluding hydrogens is 596 g/mol. The van der Waals surface area contributed by atoms with Gasteiger partial charge in [-0.3, -0.25) is 4.18 Å². The van der Waals surface area contributed by atoms with E-state index in [0.29, 0.717) is 19.0 Å². The van der Waals surface area contributed by atoms with Crippen LogP contribution in [-0.4, -0.2) is 53.7 Å². The van der Waals surface area contributed by atoms with Gasteiger partial charge in [-0.15, -0.1) is 0 Å². The van der Waals surface area contributed by atoms with Crippen LogP contribution in [0.5, 0.6) is 23.0 Å². The Labute approximate surface area is 265 Å². The molecule has 0 spiro atoms. The van der Waals surface area contributed by atoms with Crippen LogP contribution in [0.3, 0.4) is 0 Å². The van der Waals surface area contributed by atoms with Crippen molar-refractivity contribution < 1.29 is 41.0 Å². The van der Waals surface area contributed by atoms with Crippen LogP contribution in [0.15, 0.2) is 66.7 Å². The number of allylic oxidation sites excluding steroid dienone is 1. The third kappa shape index (κ3) is 8.18. The molecule has 10 heteroatoms. The van der Waals surface area contributed by atoms with Gasteiger partial charge in [-0.05, 0) is 85.8 Å². The van der Waals surface area contributed by atoms with Gasteiger partial charge in [0.2, 0.25) is 0 Å². The van der Waals surface area contributed by atoms with Crippen molar-refractivity contribution in [3.05, 3.63) is 83.4 Å². The van der Waals surface area contributed by atoms with Crippen molar-refractivity contribution in [2.45, 2.75) is 63.9 Å². The summed E-state index contributed by atoms with van der Waals surface area (Å²) in [5, 5.41) is 0. The van der Waals surface area contributed by atoms with Crippen LogP contribution in [0, 0.1) is 0 Å². The Balaban J connectivity index is 1.30. The van der Waals surface area contributed by atoms with E-state index in [-0.39, 0.29) is 31.7 Å². The van der Waals surface area contributed by atoms with Gasteiger partial charge in [-0.25, -0.2) is 0 Å². The van der Waals surface area contributed by atoms with E-state index in [1.54, 1.807) is 0 Å². The average Bonchev–Trinajstić information content (AvgIpc) is 3.04. The number of ether oxygens (including phenoxy) is 6. The molecule has 240 valence electrons. The van der Waals surface area contributed by atoms with Gasteiger partial charge in [-0.2, -0.15) is 8.42 Å². The van der Waals surface area contributed by atoms with Crippen LogP contribution < -0.4 is 18.9 Å². The summed E-state index contributed by atoms with van der Waals surface area (Å²) in [4.78, 5) is 0. The summed E-state index contributed by atoms with van der Waals surface area (Å²) in [6.45, 7) is 3.65. The van der Waals surface area contributed by atoms with Crippen molar-refractivity contribution in [3.63, 3.8) is 0 Å². The maximum atomic E-state index is 11.2. The van der Waals surface area contributed by atoms with Gasteiger partial charge in [0.15, 0.2) is 12.6 Å². The minimum Gasteiger partial charge on any atom is -0.491 e. The van der Waals surface area contributed by atoms with Crippen LogP contribution in [0.1, 0.15) is 68.1 Å². The van der Waals surface area contributed by atoms with E-state index in [1.807, 2.05) is 54.6 Å². The van der Waals surface area contributed by atoms with Gasteiger partial charge in [-0.1, -0.05) is 19.1 Å². The quantitative estimate of drug-likeness (QED) is 0.164. The summed E-state index contributed by atoms with van der Waals surface area (Å²) in [6.07, 6.45) is 6.56. The van der Waals surface area contributed by atoms with Gasteiger partial charge in [0, 0.05) is 35.5 Å². The number of fused-ring (bicyclic) bond motifs is 1. The Morgan fingerprint density at radius 2 is 1.42 bits per heavy atom. The molecule has 3 aromatic rings. The first kappa shape index (κ1) is 31.4. The lowest BCUT2D eigenvalue weighted by Gasteiger charge is -2.31. The molecule has 0 aliphatic carbocycles. The van der Waals surface area contributed by atoms with E-state index in [4.69, 9.17) is 32.6 Å². The lowest BCUT2D eigenvalue weighted by molar-refractivity contribution is -0.106. The molecule has 0 radical (unpaired) electrons. The highest BCUT2D eigenvalue weighted by Crippen LogP contribution is 2.48. The molecule has 6 rings (SSSR count). The van der Waals surface area contributed by atoms with Crippen molar-refractivity contribution in [3.8, 4) is 23.0 Å². The van der Waals surface area contributed by atoms with Gasteiger partial charge in [0.1, 0.15) is 42.0 Å². The zero-order chi connectivity index (χ0) is 31.2. The van der Waals surface area contributed by atoms with Crippen molar-refractivity contribution in [1.82, 2.24) is 0 Å². The molecule has 3 atom stereocenters. The van der Waals surface area contributed by atoms with Crippen molar-refractivity contribution in [1.29, 1.82) is 0 Å². The first-order chi connectivity index (χ1) is 21.8. The summed E-state index contributed by atoms with van der Waals surface area (Å²) in [5.41, 5.74) is 3.89. The topological polar surface area (TPSA) is 98.8 Å². The van der Waals surface area contributed by atoms with Crippen molar-refractivity contribution >= 4 is 21.5 Å². The summed E-state index contributed by atoms with van der Waals surface area (Å²) < 4.78 is 63.7.